The molecule has 0 spiro atoms. The van der Waals surface area contributed by atoms with E-state index in [1.54, 1.807) is 0 Å². The van der Waals surface area contributed by atoms with Gasteiger partial charge < -0.3 is 14.8 Å². The molecule has 1 heterocycles. The Morgan fingerprint density at radius 1 is 1.75 bits per heavy atom. The van der Waals surface area contributed by atoms with Crippen molar-refractivity contribution in [2.45, 2.75) is 20.0 Å². The summed E-state index contributed by atoms with van der Waals surface area (Å²) < 4.78 is 10.2. The molecule has 4 heteroatoms. The molecule has 70 valence electrons. The Morgan fingerprint density at radius 3 is 3.00 bits per heavy atom. The molecular weight excluding hydrogens is 158 g/mol. The Labute approximate surface area is 72.2 Å². The summed E-state index contributed by atoms with van der Waals surface area (Å²) in [6, 6.07) is 0. The van der Waals surface area contributed by atoms with E-state index in [0.717, 1.165) is 0 Å². The average molecular weight is 173 g/mol. The molecular formula is C8H15NO3. The fourth-order valence-electron chi connectivity index (χ4n) is 0.960. The van der Waals surface area contributed by atoms with Crippen LogP contribution in [0.4, 0.5) is 4.79 Å². The van der Waals surface area contributed by atoms with Crippen LogP contribution >= 0.6 is 0 Å². The molecule has 1 rings (SSSR count). The summed E-state index contributed by atoms with van der Waals surface area (Å²) in [7, 11) is 0. The minimum absolute atomic E-state index is 0.101. The molecule has 1 fully saturated rings. The molecule has 1 atom stereocenters. The number of carbonyl (C=O) groups is 1. The minimum Gasteiger partial charge on any atom is -0.442 e. The van der Waals surface area contributed by atoms with Crippen molar-refractivity contribution in [2.24, 2.45) is 5.92 Å². The maximum atomic E-state index is 10.6. The highest BCUT2D eigenvalue weighted by Gasteiger charge is 2.22. The van der Waals surface area contributed by atoms with Crippen LogP contribution in [0.2, 0.25) is 0 Å². The predicted molar refractivity (Wildman–Crippen MR) is 43.9 cm³/mol. The van der Waals surface area contributed by atoms with Gasteiger partial charge in [0.15, 0.2) is 0 Å². The van der Waals surface area contributed by atoms with E-state index in [4.69, 9.17) is 9.47 Å². The first kappa shape index (κ1) is 9.32. The van der Waals surface area contributed by atoms with Crippen LogP contribution in [0.1, 0.15) is 13.8 Å². The lowest BCUT2D eigenvalue weighted by Gasteiger charge is -2.09. The summed E-state index contributed by atoms with van der Waals surface area (Å²) >= 11 is 0. The zero-order valence-electron chi connectivity index (χ0n) is 7.50. The van der Waals surface area contributed by atoms with E-state index >= 15 is 0 Å². The maximum Gasteiger partial charge on any atom is 0.407 e. The van der Waals surface area contributed by atoms with Gasteiger partial charge in [-0.15, -0.1) is 0 Å². The lowest BCUT2D eigenvalue weighted by Crippen LogP contribution is -2.21. The summed E-state index contributed by atoms with van der Waals surface area (Å²) in [6.45, 7) is 5.94. The van der Waals surface area contributed by atoms with Crippen LogP contribution in [0.5, 0.6) is 0 Å². The van der Waals surface area contributed by atoms with E-state index in [0.29, 0.717) is 25.7 Å². The number of hydrogen-bond donors (Lipinski definition) is 1. The largest absolute Gasteiger partial charge is 0.442 e. The van der Waals surface area contributed by atoms with Gasteiger partial charge in [-0.05, 0) is 5.92 Å². The molecule has 12 heavy (non-hydrogen) atoms. The summed E-state index contributed by atoms with van der Waals surface area (Å²) in [6.07, 6.45) is -0.440. The summed E-state index contributed by atoms with van der Waals surface area (Å²) in [4.78, 5) is 10.6. The highest BCUT2D eigenvalue weighted by Crippen LogP contribution is 2.01. The number of nitrogens with one attached hydrogen (secondary N) is 1. The van der Waals surface area contributed by atoms with Crippen molar-refractivity contribution in [1.29, 1.82) is 0 Å². The monoisotopic (exact) mass is 173 g/mol. The van der Waals surface area contributed by atoms with Gasteiger partial charge in [0.1, 0.15) is 6.10 Å². The Bertz CT molecular complexity index is 158. The first-order valence-corrected chi connectivity index (χ1v) is 4.20. The molecule has 0 aromatic heterocycles. The molecule has 0 saturated carbocycles. The number of ether oxygens (including phenoxy) is 2. The normalized spacial score (nSPS) is 22.6. The van der Waals surface area contributed by atoms with Crippen molar-refractivity contribution in [3.05, 3.63) is 0 Å². The van der Waals surface area contributed by atoms with Gasteiger partial charge in [-0.1, -0.05) is 13.8 Å². The molecule has 0 aromatic rings. The lowest BCUT2D eigenvalue weighted by atomic mass is 10.2. The van der Waals surface area contributed by atoms with Gasteiger partial charge in [0.05, 0.1) is 13.2 Å². The Balaban J connectivity index is 2.04. The van der Waals surface area contributed by atoms with Crippen LogP contribution in [0.25, 0.3) is 0 Å². The third kappa shape index (κ3) is 3.09. The standard InChI is InChI=1S/C8H15NO3/c1-6(2)4-11-5-7-3-9-8(10)12-7/h6-7H,3-5H2,1-2H3,(H,9,10). The van der Waals surface area contributed by atoms with Crippen molar-refractivity contribution < 1.29 is 14.3 Å². The number of cyclic esters (lactones) is 1. The average Bonchev–Trinajstić information content (AvgIpc) is 2.35. The SMILES string of the molecule is CC(C)COCC1CNC(=O)O1. The molecule has 0 radical (unpaired) electrons. The van der Waals surface area contributed by atoms with Crippen molar-refractivity contribution in [1.82, 2.24) is 5.32 Å². The molecule has 0 bridgehead atoms. The van der Waals surface area contributed by atoms with Gasteiger partial charge >= 0.3 is 6.09 Å². The van der Waals surface area contributed by atoms with Crippen LogP contribution < -0.4 is 5.32 Å². The second-order valence-electron chi connectivity index (χ2n) is 3.34. The minimum atomic E-state index is -0.340. The molecule has 1 aliphatic heterocycles. The van der Waals surface area contributed by atoms with Crippen molar-refractivity contribution in [2.75, 3.05) is 19.8 Å². The summed E-state index contributed by atoms with van der Waals surface area (Å²) in [5.41, 5.74) is 0. The third-order valence-electron chi connectivity index (χ3n) is 1.50. The Hall–Kier alpha value is -0.770. The van der Waals surface area contributed by atoms with Crippen molar-refractivity contribution >= 4 is 6.09 Å². The van der Waals surface area contributed by atoms with E-state index in [-0.39, 0.29) is 12.2 Å². The Kier molecular flexibility index (Phi) is 3.34. The molecule has 4 nitrogen and oxygen atoms in total. The highest BCUT2D eigenvalue weighted by atomic mass is 16.6. The number of carbonyl (C=O) groups excluding carboxylic acids is 1. The molecule has 1 amide bonds. The van der Waals surface area contributed by atoms with Crippen LogP contribution in [0, 0.1) is 5.92 Å². The van der Waals surface area contributed by atoms with Gasteiger partial charge in [0.2, 0.25) is 0 Å². The van der Waals surface area contributed by atoms with Crippen LogP contribution in [-0.2, 0) is 9.47 Å². The second-order valence-corrected chi connectivity index (χ2v) is 3.34. The molecule has 1 aliphatic rings. The molecule has 1 N–H and O–H groups in total. The van der Waals surface area contributed by atoms with E-state index < -0.39 is 0 Å². The smallest absolute Gasteiger partial charge is 0.407 e. The van der Waals surface area contributed by atoms with Gasteiger partial charge in [-0.2, -0.15) is 0 Å². The van der Waals surface area contributed by atoms with Crippen LogP contribution in [0.15, 0.2) is 0 Å². The zero-order chi connectivity index (χ0) is 8.97. The van der Waals surface area contributed by atoms with Crippen LogP contribution in [-0.4, -0.2) is 32.0 Å². The Morgan fingerprint density at radius 2 is 2.50 bits per heavy atom. The van der Waals surface area contributed by atoms with Gasteiger partial charge in [0.25, 0.3) is 0 Å². The fraction of sp³-hybridized carbons (Fsp3) is 0.875. The number of alkyl carbamates (subject to hydrolysis) is 1. The van der Waals surface area contributed by atoms with Crippen molar-refractivity contribution in [3.63, 3.8) is 0 Å². The van der Waals surface area contributed by atoms with E-state index in [9.17, 15) is 4.79 Å². The first-order valence-electron chi connectivity index (χ1n) is 4.20. The zero-order valence-corrected chi connectivity index (χ0v) is 7.50. The molecule has 0 aliphatic carbocycles. The van der Waals surface area contributed by atoms with Gasteiger partial charge in [-0.3, -0.25) is 0 Å². The maximum absolute atomic E-state index is 10.6. The first-order chi connectivity index (χ1) is 5.68. The quantitative estimate of drug-likeness (QED) is 0.683. The second kappa shape index (κ2) is 4.30. The van der Waals surface area contributed by atoms with E-state index in [1.165, 1.54) is 0 Å². The summed E-state index contributed by atoms with van der Waals surface area (Å²) in [5.74, 6) is 0.523. The van der Waals surface area contributed by atoms with Gasteiger partial charge in [-0.25, -0.2) is 4.79 Å². The molecule has 0 aromatic carbocycles. The lowest BCUT2D eigenvalue weighted by molar-refractivity contribution is 0.0351. The van der Waals surface area contributed by atoms with E-state index in [1.807, 2.05) is 0 Å². The van der Waals surface area contributed by atoms with Crippen LogP contribution in [0.3, 0.4) is 0 Å². The number of rotatable bonds is 4. The summed E-state index contributed by atoms with van der Waals surface area (Å²) in [5, 5.41) is 2.57. The number of hydrogen-bond acceptors (Lipinski definition) is 3. The molecule has 1 unspecified atom stereocenters. The highest BCUT2D eigenvalue weighted by molar-refractivity contribution is 5.69. The predicted octanol–water partition coefficient (Wildman–Crippen LogP) is 0.767. The third-order valence-corrected chi connectivity index (χ3v) is 1.50. The fourth-order valence-corrected chi connectivity index (χ4v) is 0.960. The van der Waals surface area contributed by atoms with E-state index in [2.05, 4.69) is 19.2 Å². The van der Waals surface area contributed by atoms with Crippen molar-refractivity contribution in [3.8, 4) is 0 Å². The molecule has 1 saturated heterocycles. The topological polar surface area (TPSA) is 47.6 Å². The number of amides is 1. The van der Waals surface area contributed by atoms with Gasteiger partial charge in [0, 0.05) is 6.61 Å².